The van der Waals surface area contributed by atoms with Gasteiger partial charge in [-0.15, -0.1) is 0 Å². The molecule has 0 saturated carbocycles. The summed E-state index contributed by atoms with van der Waals surface area (Å²) < 4.78 is 0. The fourth-order valence-corrected chi connectivity index (χ4v) is 1.70. The minimum atomic E-state index is 0.299. The predicted molar refractivity (Wildman–Crippen MR) is 58.8 cm³/mol. The second-order valence-electron chi connectivity index (χ2n) is 3.75. The Balaban J connectivity index is 1.92. The number of hydrogen-bond acceptors (Lipinski definition) is 3. The fraction of sp³-hybridized carbons (Fsp3) is 0.455. The lowest BCUT2D eigenvalue weighted by Crippen LogP contribution is -2.57. The Kier molecular flexibility index (Phi) is 2.85. The summed E-state index contributed by atoms with van der Waals surface area (Å²) in [4.78, 5) is 16.7. The lowest BCUT2D eigenvalue weighted by Gasteiger charge is -2.40. The molecular weight excluding hydrogens is 190 g/mol. The number of hydrogen-bond donors (Lipinski definition) is 1. The van der Waals surface area contributed by atoms with E-state index in [1.807, 2.05) is 6.20 Å². The van der Waals surface area contributed by atoms with Crippen molar-refractivity contribution in [3.05, 3.63) is 24.0 Å². The van der Waals surface area contributed by atoms with Crippen LogP contribution in [0.15, 0.2) is 18.3 Å². The number of nitrogens with zero attached hydrogens (tertiary/aromatic N) is 2. The van der Waals surface area contributed by atoms with Crippen LogP contribution in [0.2, 0.25) is 0 Å². The summed E-state index contributed by atoms with van der Waals surface area (Å²) in [5, 5.41) is 2.76. The molecular formula is C11H15N3O. The Bertz CT molecular complexity index is 330. The predicted octanol–water partition coefficient (Wildman–Crippen LogP) is 0.579. The molecule has 1 aromatic heterocycles. The average Bonchev–Trinajstić information content (AvgIpc) is 2.23. The highest BCUT2D eigenvalue weighted by Gasteiger charge is 2.26. The van der Waals surface area contributed by atoms with Crippen LogP contribution in [0.3, 0.4) is 0 Å². The van der Waals surface area contributed by atoms with Crippen molar-refractivity contribution in [2.24, 2.45) is 0 Å². The van der Waals surface area contributed by atoms with E-state index in [4.69, 9.17) is 0 Å². The molecule has 0 bridgehead atoms. The van der Waals surface area contributed by atoms with Gasteiger partial charge in [0.15, 0.2) is 0 Å². The molecule has 1 aromatic rings. The van der Waals surface area contributed by atoms with Gasteiger partial charge in [-0.1, -0.05) is 6.92 Å². The lowest BCUT2D eigenvalue weighted by atomic mass is 10.1. The van der Waals surface area contributed by atoms with Crippen LogP contribution in [0.4, 0.5) is 5.69 Å². The maximum Gasteiger partial charge on any atom is 0.207 e. The molecule has 80 valence electrons. The zero-order chi connectivity index (χ0) is 10.7. The molecule has 2 rings (SSSR count). The standard InChI is InChI=1S/C11H15N3O/c1-2-9-3-4-11(5-12-9)14-6-10(7-14)13-8-15/h3-5,8,10H,2,6-7H2,1H3,(H,13,15). The molecule has 0 spiro atoms. The maximum atomic E-state index is 10.2. The van der Waals surface area contributed by atoms with E-state index in [2.05, 4.69) is 34.3 Å². The second-order valence-corrected chi connectivity index (χ2v) is 3.75. The highest BCUT2D eigenvalue weighted by Crippen LogP contribution is 2.19. The van der Waals surface area contributed by atoms with Crippen LogP contribution in [0.5, 0.6) is 0 Å². The van der Waals surface area contributed by atoms with Gasteiger partial charge in [-0.05, 0) is 18.6 Å². The summed E-state index contributed by atoms with van der Waals surface area (Å²) in [5.41, 5.74) is 2.25. The molecule has 1 N–H and O–H groups in total. The van der Waals surface area contributed by atoms with Crippen LogP contribution in [-0.4, -0.2) is 30.5 Å². The Morgan fingerprint density at radius 2 is 2.40 bits per heavy atom. The molecule has 0 aliphatic carbocycles. The number of carbonyl (C=O) groups excluding carboxylic acids is 1. The van der Waals surface area contributed by atoms with Gasteiger partial charge in [0.1, 0.15) is 0 Å². The first kappa shape index (κ1) is 9.96. The van der Waals surface area contributed by atoms with Crippen molar-refractivity contribution in [1.82, 2.24) is 10.3 Å². The summed E-state index contributed by atoms with van der Waals surface area (Å²) in [5.74, 6) is 0. The van der Waals surface area contributed by atoms with Gasteiger partial charge in [-0.3, -0.25) is 9.78 Å². The van der Waals surface area contributed by atoms with Crippen molar-refractivity contribution in [3.8, 4) is 0 Å². The number of aryl methyl sites for hydroxylation is 1. The van der Waals surface area contributed by atoms with Gasteiger partial charge in [0.2, 0.25) is 6.41 Å². The van der Waals surface area contributed by atoms with Crippen molar-refractivity contribution in [1.29, 1.82) is 0 Å². The fourth-order valence-electron chi connectivity index (χ4n) is 1.70. The highest BCUT2D eigenvalue weighted by atomic mass is 16.1. The number of aromatic nitrogens is 1. The average molecular weight is 205 g/mol. The minimum absolute atomic E-state index is 0.299. The van der Waals surface area contributed by atoms with Crippen molar-refractivity contribution in [2.45, 2.75) is 19.4 Å². The molecule has 1 aliphatic rings. The molecule has 1 aliphatic heterocycles. The normalized spacial score (nSPS) is 15.9. The van der Waals surface area contributed by atoms with Crippen molar-refractivity contribution in [2.75, 3.05) is 18.0 Å². The summed E-state index contributed by atoms with van der Waals surface area (Å²) in [7, 11) is 0. The molecule has 1 fully saturated rings. The third kappa shape index (κ3) is 2.09. The smallest absolute Gasteiger partial charge is 0.207 e. The molecule has 0 unspecified atom stereocenters. The van der Waals surface area contributed by atoms with E-state index in [9.17, 15) is 4.79 Å². The van der Waals surface area contributed by atoms with E-state index in [0.29, 0.717) is 6.04 Å². The van der Waals surface area contributed by atoms with Crippen LogP contribution in [0, 0.1) is 0 Å². The second kappa shape index (κ2) is 4.29. The van der Waals surface area contributed by atoms with Crippen molar-refractivity contribution >= 4 is 12.1 Å². The van der Waals surface area contributed by atoms with Gasteiger partial charge in [-0.2, -0.15) is 0 Å². The first-order valence-corrected chi connectivity index (χ1v) is 5.23. The maximum absolute atomic E-state index is 10.2. The molecule has 15 heavy (non-hydrogen) atoms. The third-order valence-corrected chi connectivity index (χ3v) is 2.72. The van der Waals surface area contributed by atoms with Gasteiger partial charge < -0.3 is 10.2 Å². The van der Waals surface area contributed by atoms with Gasteiger partial charge in [-0.25, -0.2) is 0 Å². The molecule has 0 atom stereocenters. The van der Waals surface area contributed by atoms with Crippen LogP contribution in [0.25, 0.3) is 0 Å². The molecule has 2 heterocycles. The van der Waals surface area contributed by atoms with E-state index in [1.165, 1.54) is 0 Å². The van der Waals surface area contributed by atoms with E-state index in [-0.39, 0.29) is 0 Å². The molecule has 1 saturated heterocycles. The van der Waals surface area contributed by atoms with E-state index >= 15 is 0 Å². The summed E-state index contributed by atoms with van der Waals surface area (Å²) in [6.45, 7) is 3.85. The van der Waals surface area contributed by atoms with E-state index < -0.39 is 0 Å². The van der Waals surface area contributed by atoms with Gasteiger partial charge in [0.25, 0.3) is 0 Å². The van der Waals surface area contributed by atoms with Crippen LogP contribution < -0.4 is 10.2 Å². The quantitative estimate of drug-likeness (QED) is 0.731. The van der Waals surface area contributed by atoms with Gasteiger partial charge >= 0.3 is 0 Å². The van der Waals surface area contributed by atoms with Crippen LogP contribution in [-0.2, 0) is 11.2 Å². The Morgan fingerprint density at radius 1 is 1.60 bits per heavy atom. The first-order chi connectivity index (χ1) is 7.33. The number of pyridine rings is 1. The molecule has 0 aromatic carbocycles. The number of carbonyl (C=O) groups is 1. The Labute approximate surface area is 89.3 Å². The number of nitrogens with one attached hydrogen (secondary N) is 1. The zero-order valence-corrected chi connectivity index (χ0v) is 8.81. The van der Waals surface area contributed by atoms with Gasteiger partial charge in [0, 0.05) is 18.8 Å². The number of anilines is 1. The Hall–Kier alpha value is -1.58. The first-order valence-electron chi connectivity index (χ1n) is 5.23. The third-order valence-electron chi connectivity index (χ3n) is 2.72. The SMILES string of the molecule is CCc1ccc(N2CC(NC=O)C2)cn1. The van der Waals surface area contributed by atoms with Crippen LogP contribution in [0.1, 0.15) is 12.6 Å². The topological polar surface area (TPSA) is 45.2 Å². The monoisotopic (exact) mass is 205 g/mol. The molecule has 4 nitrogen and oxygen atoms in total. The summed E-state index contributed by atoms with van der Waals surface area (Å²) in [6, 6.07) is 4.44. The minimum Gasteiger partial charge on any atom is -0.366 e. The van der Waals surface area contributed by atoms with Crippen molar-refractivity contribution < 1.29 is 4.79 Å². The van der Waals surface area contributed by atoms with Gasteiger partial charge in [0.05, 0.1) is 17.9 Å². The highest BCUT2D eigenvalue weighted by molar-refractivity contribution is 5.52. The molecule has 1 amide bonds. The Morgan fingerprint density at radius 3 is 2.93 bits per heavy atom. The van der Waals surface area contributed by atoms with Crippen LogP contribution >= 0.6 is 0 Å². The largest absolute Gasteiger partial charge is 0.366 e. The summed E-state index contributed by atoms with van der Waals surface area (Å²) >= 11 is 0. The van der Waals surface area contributed by atoms with E-state index in [0.717, 1.165) is 37.3 Å². The number of rotatable bonds is 4. The summed E-state index contributed by atoms with van der Waals surface area (Å²) in [6.07, 6.45) is 3.63. The molecule has 0 radical (unpaired) electrons. The van der Waals surface area contributed by atoms with E-state index in [1.54, 1.807) is 0 Å². The molecule has 4 heteroatoms. The number of amides is 1. The van der Waals surface area contributed by atoms with Crippen molar-refractivity contribution in [3.63, 3.8) is 0 Å². The lowest BCUT2D eigenvalue weighted by molar-refractivity contribution is -0.110. The zero-order valence-electron chi connectivity index (χ0n) is 8.81.